The predicted molar refractivity (Wildman–Crippen MR) is 117 cm³/mol. The summed E-state index contributed by atoms with van der Waals surface area (Å²) < 4.78 is 12.5. The molecule has 3 aromatic rings. The van der Waals surface area contributed by atoms with Gasteiger partial charge in [-0.05, 0) is 36.1 Å². The molecule has 4 nitrogen and oxygen atoms in total. The van der Waals surface area contributed by atoms with Crippen molar-refractivity contribution in [2.24, 2.45) is 4.99 Å². The zero-order valence-electron chi connectivity index (χ0n) is 16.5. The molecule has 0 saturated carbocycles. The van der Waals surface area contributed by atoms with Gasteiger partial charge in [0.25, 0.3) is 0 Å². The molecule has 0 aliphatic carbocycles. The summed E-state index contributed by atoms with van der Waals surface area (Å²) in [5.74, 6) is 2.43. The van der Waals surface area contributed by atoms with E-state index < -0.39 is 0 Å². The topological polar surface area (TPSA) is 42.9 Å². The standard InChI is InChI=1S/C25H26N2O2/c1-3-9-20(10-4-1)15-16-24(25-26-17-18-27-25)29-23-14-8-7-13-22(23)28-19-21-11-5-2-6-12-21/h1-14,24H,15-19H2,(H,26,27). The molecule has 1 aliphatic heterocycles. The number of benzene rings is 3. The molecule has 0 fully saturated rings. The monoisotopic (exact) mass is 386 g/mol. The Kier molecular flexibility index (Phi) is 6.43. The van der Waals surface area contributed by atoms with Crippen LogP contribution in [0.3, 0.4) is 0 Å². The minimum Gasteiger partial charge on any atom is -0.485 e. The zero-order chi connectivity index (χ0) is 19.7. The first kappa shape index (κ1) is 19.1. The number of para-hydroxylation sites is 2. The molecule has 3 aromatic carbocycles. The summed E-state index contributed by atoms with van der Waals surface area (Å²) >= 11 is 0. The molecule has 0 bridgehead atoms. The second-order valence-corrected chi connectivity index (χ2v) is 7.05. The highest BCUT2D eigenvalue weighted by Crippen LogP contribution is 2.29. The third-order valence-electron chi connectivity index (χ3n) is 4.90. The lowest BCUT2D eigenvalue weighted by molar-refractivity contribution is 0.226. The minimum atomic E-state index is -0.126. The number of hydrogen-bond acceptors (Lipinski definition) is 4. The van der Waals surface area contributed by atoms with Crippen molar-refractivity contribution >= 4 is 5.84 Å². The van der Waals surface area contributed by atoms with Crippen LogP contribution in [-0.2, 0) is 13.0 Å². The lowest BCUT2D eigenvalue weighted by atomic mass is 10.1. The van der Waals surface area contributed by atoms with Crippen LogP contribution in [0.2, 0.25) is 0 Å². The Balaban J connectivity index is 1.46. The van der Waals surface area contributed by atoms with Crippen LogP contribution in [0.1, 0.15) is 17.5 Å². The summed E-state index contributed by atoms with van der Waals surface area (Å²) in [6, 6.07) is 28.5. The number of rotatable bonds is 9. The molecule has 0 saturated heterocycles. The molecule has 0 amide bonds. The van der Waals surface area contributed by atoms with Crippen LogP contribution in [0.15, 0.2) is 89.9 Å². The van der Waals surface area contributed by atoms with Crippen molar-refractivity contribution < 1.29 is 9.47 Å². The Morgan fingerprint density at radius 2 is 1.45 bits per heavy atom. The first-order valence-electron chi connectivity index (χ1n) is 10.1. The van der Waals surface area contributed by atoms with Crippen LogP contribution in [0, 0.1) is 0 Å². The minimum absolute atomic E-state index is 0.126. The highest BCUT2D eigenvalue weighted by atomic mass is 16.5. The summed E-state index contributed by atoms with van der Waals surface area (Å²) in [4.78, 5) is 4.61. The molecule has 29 heavy (non-hydrogen) atoms. The van der Waals surface area contributed by atoms with E-state index in [1.807, 2.05) is 48.5 Å². The maximum Gasteiger partial charge on any atom is 0.162 e. The van der Waals surface area contributed by atoms with Crippen molar-refractivity contribution in [2.75, 3.05) is 13.1 Å². The predicted octanol–water partition coefficient (Wildman–Crippen LogP) is 4.65. The number of amidine groups is 1. The Morgan fingerprint density at radius 3 is 2.14 bits per heavy atom. The van der Waals surface area contributed by atoms with Gasteiger partial charge in [-0.1, -0.05) is 72.8 Å². The summed E-state index contributed by atoms with van der Waals surface area (Å²) in [5, 5.41) is 3.37. The van der Waals surface area contributed by atoms with E-state index in [9.17, 15) is 0 Å². The molecule has 1 heterocycles. The SMILES string of the molecule is c1ccc(CCC(Oc2ccccc2OCc2ccccc2)C2=NCCN2)cc1. The fourth-order valence-electron chi connectivity index (χ4n) is 3.38. The van der Waals surface area contributed by atoms with Gasteiger partial charge in [-0.25, -0.2) is 0 Å². The number of hydrogen-bond donors (Lipinski definition) is 1. The molecule has 0 aromatic heterocycles. The van der Waals surface area contributed by atoms with Gasteiger partial charge in [0.2, 0.25) is 0 Å². The van der Waals surface area contributed by atoms with Crippen LogP contribution < -0.4 is 14.8 Å². The molecule has 1 N–H and O–H groups in total. The van der Waals surface area contributed by atoms with Gasteiger partial charge in [0.05, 0.1) is 6.54 Å². The molecule has 0 radical (unpaired) electrons. The van der Waals surface area contributed by atoms with Gasteiger partial charge < -0.3 is 14.8 Å². The Hall–Kier alpha value is -3.27. The largest absolute Gasteiger partial charge is 0.485 e. The highest BCUT2D eigenvalue weighted by Gasteiger charge is 2.22. The molecule has 0 spiro atoms. The molecule has 1 unspecified atom stereocenters. The number of aryl methyl sites for hydroxylation is 1. The van der Waals surface area contributed by atoms with Gasteiger partial charge in [-0.15, -0.1) is 0 Å². The van der Waals surface area contributed by atoms with E-state index in [0.29, 0.717) is 6.61 Å². The molecule has 4 heteroatoms. The lowest BCUT2D eigenvalue weighted by Crippen LogP contribution is -2.36. The summed E-state index contributed by atoms with van der Waals surface area (Å²) in [6.07, 6.45) is 1.65. The zero-order valence-corrected chi connectivity index (χ0v) is 16.5. The summed E-state index contributed by atoms with van der Waals surface area (Å²) in [6.45, 7) is 2.18. The smallest absolute Gasteiger partial charge is 0.162 e. The molecular weight excluding hydrogens is 360 g/mol. The highest BCUT2D eigenvalue weighted by molar-refractivity contribution is 5.88. The number of nitrogens with one attached hydrogen (secondary N) is 1. The van der Waals surface area contributed by atoms with E-state index >= 15 is 0 Å². The van der Waals surface area contributed by atoms with Crippen LogP contribution >= 0.6 is 0 Å². The van der Waals surface area contributed by atoms with E-state index in [4.69, 9.17) is 9.47 Å². The Bertz CT molecular complexity index is 926. The number of aliphatic imine (C=N–C) groups is 1. The quantitative estimate of drug-likeness (QED) is 0.582. The fraction of sp³-hybridized carbons (Fsp3) is 0.240. The maximum atomic E-state index is 6.42. The van der Waals surface area contributed by atoms with Crippen LogP contribution in [0.5, 0.6) is 11.5 Å². The summed E-state index contributed by atoms with van der Waals surface area (Å²) in [7, 11) is 0. The third-order valence-corrected chi connectivity index (χ3v) is 4.90. The summed E-state index contributed by atoms with van der Waals surface area (Å²) in [5.41, 5.74) is 2.43. The average molecular weight is 386 g/mol. The van der Waals surface area contributed by atoms with E-state index in [0.717, 1.165) is 48.8 Å². The van der Waals surface area contributed by atoms with Crippen molar-refractivity contribution in [3.63, 3.8) is 0 Å². The first-order chi connectivity index (χ1) is 14.4. The van der Waals surface area contributed by atoms with Gasteiger partial charge in [0.1, 0.15) is 12.4 Å². The maximum absolute atomic E-state index is 6.42. The van der Waals surface area contributed by atoms with Gasteiger partial charge in [0, 0.05) is 6.54 Å². The van der Waals surface area contributed by atoms with Crippen LogP contribution in [0.4, 0.5) is 0 Å². The van der Waals surface area contributed by atoms with Crippen molar-refractivity contribution in [2.45, 2.75) is 25.6 Å². The van der Waals surface area contributed by atoms with Crippen molar-refractivity contribution in [1.82, 2.24) is 5.32 Å². The van der Waals surface area contributed by atoms with Crippen molar-refractivity contribution in [3.8, 4) is 11.5 Å². The number of ether oxygens (including phenoxy) is 2. The van der Waals surface area contributed by atoms with E-state index in [2.05, 4.69) is 46.7 Å². The van der Waals surface area contributed by atoms with E-state index in [-0.39, 0.29) is 6.10 Å². The van der Waals surface area contributed by atoms with Crippen LogP contribution in [0.25, 0.3) is 0 Å². The first-order valence-corrected chi connectivity index (χ1v) is 10.1. The molecular formula is C25H26N2O2. The normalized spacial score (nSPS) is 14.0. The second-order valence-electron chi connectivity index (χ2n) is 7.05. The Morgan fingerprint density at radius 1 is 0.793 bits per heavy atom. The van der Waals surface area contributed by atoms with E-state index in [1.54, 1.807) is 0 Å². The molecule has 1 atom stereocenters. The van der Waals surface area contributed by atoms with Crippen molar-refractivity contribution in [3.05, 3.63) is 96.1 Å². The lowest BCUT2D eigenvalue weighted by Gasteiger charge is -2.21. The van der Waals surface area contributed by atoms with Crippen molar-refractivity contribution in [1.29, 1.82) is 0 Å². The van der Waals surface area contributed by atoms with Gasteiger partial charge in [0.15, 0.2) is 17.6 Å². The average Bonchev–Trinajstić information content (AvgIpc) is 3.32. The van der Waals surface area contributed by atoms with Gasteiger partial charge in [-0.3, -0.25) is 4.99 Å². The van der Waals surface area contributed by atoms with Gasteiger partial charge >= 0.3 is 0 Å². The molecule has 4 rings (SSSR count). The fourth-order valence-corrected chi connectivity index (χ4v) is 3.38. The number of nitrogens with zero attached hydrogens (tertiary/aromatic N) is 1. The molecule has 1 aliphatic rings. The Labute approximate surface area is 172 Å². The van der Waals surface area contributed by atoms with Gasteiger partial charge in [-0.2, -0.15) is 0 Å². The van der Waals surface area contributed by atoms with Crippen LogP contribution in [-0.4, -0.2) is 25.0 Å². The second kappa shape index (κ2) is 9.78. The molecule has 148 valence electrons. The third kappa shape index (κ3) is 5.38. The van der Waals surface area contributed by atoms with E-state index in [1.165, 1.54) is 5.56 Å².